The molecule has 0 spiro atoms. The summed E-state index contributed by atoms with van der Waals surface area (Å²) in [6.07, 6.45) is 5.07. The molecule has 1 aromatic heterocycles. The van der Waals surface area contributed by atoms with Crippen molar-refractivity contribution in [1.29, 1.82) is 0 Å². The average Bonchev–Trinajstić information content (AvgIpc) is 3.32. The maximum atomic E-state index is 12.0. The number of nitrogens with one attached hydrogen (secondary N) is 1. The van der Waals surface area contributed by atoms with Crippen LogP contribution < -0.4 is 5.32 Å². The largest absolute Gasteiger partial charge is 0.347 e. The average molecular weight is 447 g/mol. The van der Waals surface area contributed by atoms with Crippen molar-refractivity contribution >= 4 is 27.8 Å². The lowest BCUT2D eigenvalue weighted by Crippen LogP contribution is -2.44. The van der Waals surface area contributed by atoms with Crippen LogP contribution in [0.5, 0.6) is 0 Å². The Hall–Kier alpha value is -2.35. The third kappa shape index (κ3) is 5.34. The van der Waals surface area contributed by atoms with Gasteiger partial charge in [0.2, 0.25) is 5.91 Å². The lowest BCUT2D eigenvalue weighted by Gasteiger charge is -2.22. The number of guanidine groups is 1. The molecule has 1 fully saturated rings. The standard InChI is InChI=1S/C20H27BrN6O/c1-25(2)19(28)12-23-20(22-10-15-4-6-18(21)7-5-15)27-9-8-16(14-27)17-11-24-26(3)13-17/h4-7,11,13,16H,8-10,12,14H2,1-3H3,(H,22,23). The maximum absolute atomic E-state index is 12.0. The van der Waals surface area contributed by atoms with Crippen LogP contribution >= 0.6 is 15.9 Å². The summed E-state index contributed by atoms with van der Waals surface area (Å²) in [5.74, 6) is 1.24. The molecule has 0 bridgehead atoms. The zero-order valence-electron chi connectivity index (χ0n) is 16.6. The molecule has 2 heterocycles. The Kier molecular flexibility index (Phi) is 6.72. The zero-order valence-corrected chi connectivity index (χ0v) is 18.2. The summed E-state index contributed by atoms with van der Waals surface area (Å²) in [4.78, 5) is 20.7. The minimum Gasteiger partial charge on any atom is -0.347 e. The van der Waals surface area contributed by atoms with Gasteiger partial charge in [-0.05, 0) is 29.7 Å². The van der Waals surface area contributed by atoms with Crippen molar-refractivity contribution in [3.05, 3.63) is 52.3 Å². The van der Waals surface area contributed by atoms with Crippen LogP contribution in [0.25, 0.3) is 0 Å². The number of likely N-dealkylation sites (N-methyl/N-ethyl adjacent to an activating group) is 1. The molecule has 150 valence electrons. The fourth-order valence-corrected chi connectivity index (χ4v) is 3.48. The van der Waals surface area contributed by atoms with Crippen molar-refractivity contribution in [2.75, 3.05) is 33.7 Å². The van der Waals surface area contributed by atoms with Crippen molar-refractivity contribution in [3.8, 4) is 0 Å². The number of nitrogens with zero attached hydrogens (tertiary/aromatic N) is 5. The van der Waals surface area contributed by atoms with Gasteiger partial charge >= 0.3 is 0 Å². The fraction of sp³-hybridized carbons (Fsp3) is 0.450. The molecule has 1 aromatic carbocycles. The van der Waals surface area contributed by atoms with E-state index >= 15 is 0 Å². The zero-order chi connectivity index (χ0) is 20.1. The number of halogens is 1. The Morgan fingerprint density at radius 3 is 2.75 bits per heavy atom. The van der Waals surface area contributed by atoms with Crippen LogP contribution in [-0.4, -0.2) is 65.2 Å². The highest BCUT2D eigenvalue weighted by atomic mass is 79.9. The highest BCUT2D eigenvalue weighted by Crippen LogP contribution is 2.26. The third-order valence-corrected chi connectivity index (χ3v) is 5.43. The number of rotatable bonds is 5. The predicted octanol–water partition coefficient (Wildman–Crippen LogP) is 2.21. The number of aryl methyl sites for hydroxylation is 1. The molecule has 8 heteroatoms. The summed E-state index contributed by atoms with van der Waals surface area (Å²) < 4.78 is 2.89. The van der Waals surface area contributed by atoms with E-state index in [4.69, 9.17) is 4.99 Å². The second-order valence-corrected chi connectivity index (χ2v) is 8.20. The molecular formula is C20H27BrN6O. The predicted molar refractivity (Wildman–Crippen MR) is 114 cm³/mol. The monoisotopic (exact) mass is 446 g/mol. The molecule has 1 aliphatic rings. The molecule has 3 rings (SSSR count). The first kappa shape index (κ1) is 20.4. The van der Waals surface area contributed by atoms with Crippen molar-refractivity contribution in [1.82, 2.24) is 24.9 Å². The van der Waals surface area contributed by atoms with E-state index in [2.05, 4.69) is 49.6 Å². The molecule has 1 unspecified atom stereocenters. The van der Waals surface area contributed by atoms with Crippen molar-refractivity contribution < 1.29 is 4.79 Å². The van der Waals surface area contributed by atoms with Gasteiger partial charge in [0.15, 0.2) is 5.96 Å². The van der Waals surface area contributed by atoms with Crippen LogP contribution in [0.15, 0.2) is 46.1 Å². The van der Waals surface area contributed by atoms with Gasteiger partial charge in [0.1, 0.15) is 0 Å². The van der Waals surface area contributed by atoms with Gasteiger partial charge < -0.3 is 15.1 Å². The van der Waals surface area contributed by atoms with Crippen LogP contribution in [0.3, 0.4) is 0 Å². The lowest BCUT2D eigenvalue weighted by molar-refractivity contribution is -0.127. The van der Waals surface area contributed by atoms with Gasteiger partial charge in [0.05, 0.1) is 19.3 Å². The number of carbonyl (C=O) groups is 1. The smallest absolute Gasteiger partial charge is 0.241 e. The Morgan fingerprint density at radius 1 is 1.36 bits per heavy atom. The second kappa shape index (κ2) is 9.23. The minimum absolute atomic E-state index is 0.0272. The van der Waals surface area contributed by atoms with E-state index in [1.165, 1.54) is 5.56 Å². The van der Waals surface area contributed by atoms with Crippen LogP contribution in [0.2, 0.25) is 0 Å². The molecule has 0 saturated carbocycles. The summed E-state index contributed by atoms with van der Waals surface area (Å²) in [6, 6.07) is 8.14. The summed E-state index contributed by atoms with van der Waals surface area (Å²) in [7, 11) is 5.46. The fourth-order valence-electron chi connectivity index (χ4n) is 3.21. The molecule has 1 atom stereocenters. The summed E-state index contributed by atoms with van der Waals surface area (Å²) >= 11 is 3.46. The van der Waals surface area contributed by atoms with E-state index in [1.807, 2.05) is 30.1 Å². The molecular weight excluding hydrogens is 420 g/mol. The highest BCUT2D eigenvalue weighted by molar-refractivity contribution is 9.10. The van der Waals surface area contributed by atoms with Gasteiger partial charge in [-0.3, -0.25) is 9.48 Å². The topological polar surface area (TPSA) is 65.8 Å². The molecule has 1 saturated heterocycles. The Bertz CT molecular complexity index is 829. The molecule has 2 aromatic rings. The van der Waals surface area contributed by atoms with Gasteiger partial charge in [-0.25, -0.2) is 4.99 Å². The molecule has 1 aliphatic heterocycles. The number of likely N-dealkylation sites (tertiary alicyclic amines) is 1. The van der Waals surface area contributed by atoms with E-state index in [9.17, 15) is 4.79 Å². The molecule has 28 heavy (non-hydrogen) atoms. The Morgan fingerprint density at radius 2 is 2.11 bits per heavy atom. The summed E-state index contributed by atoms with van der Waals surface area (Å²) in [5, 5.41) is 7.55. The number of hydrogen-bond donors (Lipinski definition) is 1. The molecule has 0 aliphatic carbocycles. The molecule has 0 radical (unpaired) electrons. The lowest BCUT2D eigenvalue weighted by atomic mass is 10.0. The van der Waals surface area contributed by atoms with E-state index in [1.54, 1.807) is 19.0 Å². The Balaban J connectivity index is 1.70. The van der Waals surface area contributed by atoms with Gasteiger partial charge in [-0.2, -0.15) is 5.10 Å². The minimum atomic E-state index is 0.0272. The van der Waals surface area contributed by atoms with E-state index < -0.39 is 0 Å². The van der Waals surface area contributed by atoms with Crippen molar-refractivity contribution in [2.45, 2.75) is 18.9 Å². The molecule has 1 amide bonds. The maximum Gasteiger partial charge on any atom is 0.241 e. The second-order valence-electron chi connectivity index (χ2n) is 7.29. The number of carbonyl (C=O) groups excluding carboxylic acids is 1. The van der Waals surface area contributed by atoms with Gasteiger partial charge in [-0.15, -0.1) is 0 Å². The molecule has 7 nitrogen and oxygen atoms in total. The first-order valence-electron chi connectivity index (χ1n) is 9.39. The van der Waals surface area contributed by atoms with Gasteiger partial charge in [0.25, 0.3) is 0 Å². The number of amides is 1. The number of aliphatic imine (C=N–C) groups is 1. The van der Waals surface area contributed by atoms with Crippen LogP contribution in [0.4, 0.5) is 0 Å². The Labute approximate surface area is 174 Å². The van der Waals surface area contributed by atoms with Gasteiger partial charge in [0, 0.05) is 50.8 Å². The number of aromatic nitrogens is 2. The SMILES string of the molecule is CN(C)C(=O)CNC(=NCc1ccc(Br)cc1)N1CCC(c2cnn(C)c2)C1. The number of hydrogen-bond acceptors (Lipinski definition) is 3. The van der Waals surface area contributed by atoms with E-state index in [-0.39, 0.29) is 12.5 Å². The van der Waals surface area contributed by atoms with Crippen molar-refractivity contribution in [2.24, 2.45) is 12.0 Å². The van der Waals surface area contributed by atoms with Crippen LogP contribution in [-0.2, 0) is 18.4 Å². The van der Waals surface area contributed by atoms with E-state index in [0.29, 0.717) is 12.5 Å². The van der Waals surface area contributed by atoms with Crippen LogP contribution in [0, 0.1) is 0 Å². The van der Waals surface area contributed by atoms with Crippen molar-refractivity contribution in [3.63, 3.8) is 0 Å². The summed E-state index contributed by atoms with van der Waals surface area (Å²) in [6.45, 7) is 2.58. The van der Waals surface area contributed by atoms with Crippen LogP contribution in [0.1, 0.15) is 23.5 Å². The summed E-state index contributed by atoms with van der Waals surface area (Å²) in [5.41, 5.74) is 2.38. The van der Waals surface area contributed by atoms with E-state index in [0.717, 1.165) is 35.5 Å². The van der Waals surface area contributed by atoms with Gasteiger partial charge in [-0.1, -0.05) is 28.1 Å². The third-order valence-electron chi connectivity index (χ3n) is 4.91. The number of benzene rings is 1. The quantitative estimate of drug-likeness (QED) is 0.564. The highest BCUT2D eigenvalue weighted by Gasteiger charge is 2.27. The first-order chi connectivity index (χ1) is 13.4. The molecule has 1 N–H and O–H groups in total. The first-order valence-corrected chi connectivity index (χ1v) is 10.2. The normalized spacial score (nSPS) is 17.1.